The molecule has 1 aliphatic carbocycles. The van der Waals surface area contributed by atoms with Crippen LogP contribution in [0.15, 0.2) is 23.1 Å². The van der Waals surface area contributed by atoms with Crippen molar-refractivity contribution in [3.63, 3.8) is 0 Å². The predicted octanol–water partition coefficient (Wildman–Crippen LogP) is 0.819. The first-order chi connectivity index (χ1) is 11.9. The van der Waals surface area contributed by atoms with E-state index in [1.54, 1.807) is 0 Å². The van der Waals surface area contributed by atoms with Gasteiger partial charge in [-0.15, -0.1) is 0 Å². The quantitative estimate of drug-likeness (QED) is 0.688. The van der Waals surface area contributed by atoms with Crippen molar-refractivity contribution in [2.45, 2.75) is 36.6 Å². The van der Waals surface area contributed by atoms with Crippen molar-refractivity contribution in [3.05, 3.63) is 23.8 Å². The highest BCUT2D eigenvalue weighted by atomic mass is 32.2. The van der Waals surface area contributed by atoms with E-state index in [1.807, 2.05) is 0 Å². The first kappa shape index (κ1) is 19.2. The fraction of sp³-hybridized carbons (Fsp3) is 0.500. The molecule has 8 nitrogen and oxygen atoms in total. The summed E-state index contributed by atoms with van der Waals surface area (Å²) in [6.45, 7) is -0.407. The second-order valence-electron chi connectivity index (χ2n) is 5.70. The number of carbonyl (C=O) groups is 2. The van der Waals surface area contributed by atoms with Crippen molar-refractivity contribution in [1.82, 2.24) is 10.0 Å². The van der Waals surface area contributed by atoms with Gasteiger partial charge in [-0.1, -0.05) is 12.8 Å². The van der Waals surface area contributed by atoms with Crippen LogP contribution in [-0.4, -0.2) is 47.1 Å². The van der Waals surface area contributed by atoms with Gasteiger partial charge in [0.15, 0.2) is 6.61 Å². The Morgan fingerprint density at radius 1 is 1.24 bits per heavy atom. The van der Waals surface area contributed by atoms with Crippen LogP contribution in [0.1, 0.15) is 36.0 Å². The van der Waals surface area contributed by atoms with Crippen LogP contribution >= 0.6 is 0 Å². The minimum absolute atomic E-state index is 0.0169. The summed E-state index contributed by atoms with van der Waals surface area (Å²) in [4.78, 5) is 23.7. The molecule has 0 aromatic heterocycles. The van der Waals surface area contributed by atoms with Gasteiger partial charge >= 0.3 is 5.97 Å². The highest BCUT2D eigenvalue weighted by molar-refractivity contribution is 7.89. The van der Waals surface area contributed by atoms with E-state index in [4.69, 9.17) is 9.47 Å². The normalized spacial score (nSPS) is 15.0. The molecule has 0 saturated heterocycles. The molecule has 2 N–H and O–H groups in total. The molecule has 1 saturated carbocycles. The Morgan fingerprint density at radius 3 is 2.52 bits per heavy atom. The molecule has 1 amide bonds. The van der Waals surface area contributed by atoms with Crippen molar-refractivity contribution in [3.8, 4) is 5.75 Å². The van der Waals surface area contributed by atoms with Gasteiger partial charge in [0.2, 0.25) is 10.0 Å². The number of nitrogens with one attached hydrogen (secondary N) is 2. The van der Waals surface area contributed by atoms with Gasteiger partial charge in [0.05, 0.1) is 12.7 Å². The number of rotatable bonds is 7. The fourth-order valence-electron chi connectivity index (χ4n) is 2.68. The van der Waals surface area contributed by atoms with E-state index in [9.17, 15) is 18.0 Å². The smallest absolute Gasteiger partial charge is 0.338 e. The number of hydrogen-bond donors (Lipinski definition) is 2. The lowest BCUT2D eigenvalue weighted by atomic mass is 10.2. The number of esters is 1. The average Bonchev–Trinajstić information content (AvgIpc) is 3.12. The molecule has 0 atom stereocenters. The van der Waals surface area contributed by atoms with Gasteiger partial charge in [-0.3, -0.25) is 4.79 Å². The van der Waals surface area contributed by atoms with Crippen molar-refractivity contribution >= 4 is 21.9 Å². The van der Waals surface area contributed by atoms with E-state index in [-0.39, 0.29) is 28.2 Å². The maximum atomic E-state index is 12.1. The maximum absolute atomic E-state index is 12.1. The summed E-state index contributed by atoms with van der Waals surface area (Å²) in [7, 11) is -1.22. The number of ether oxygens (including phenoxy) is 2. The SMILES string of the molecule is CNS(=O)(=O)c1cc(C(=O)OCC(=O)NC2CCCC2)ccc1OC. The second kappa shape index (κ2) is 8.30. The summed E-state index contributed by atoms with van der Waals surface area (Å²) in [5, 5.41) is 2.81. The minimum Gasteiger partial charge on any atom is -0.495 e. The highest BCUT2D eigenvalue weighted by Crippen LogP contribution is 2.25. The monoisotopic (exact) mass is 370 g/mol. The van der Waals surface area contributed by atoms with E-state index in [1.165, 1.54) is 26.3 Å². The predicted molar refractivity (Wildman–Crippen MR) is 89.9 cm³/mol. The minimum atomic E-state index is -3.81. The first-order valence-electron chi connectivity index (χ1n) is 7.95. The molecule has 0 heterocycles. The van der Waals surface area contributed by atoms with Gasteiger partial charge in [0.1, 0.15) is 10.6 Å². The van der Waals surface area contributed by atoms with Crippen LogP contribution in [0.25, 0.3) is 0 Å². The number of amides is 1. The summed E-state index contributed by atoms with van der Waals surface area (Å²) in [6.07, 6.45) is 4.03. The Morgan fingerprint density at radius 2 is 1.92 bits per heavy atom. The summed E-state index contributed by atoms with van der Waals surface area (Å²) in [5.41, 5.74) is 0.0169. The third-order valence-electron chi connectivity index (χ3n) is 4.01. The molecule has 1 aliphatic rings. The Labute approximate surface area is 146 Å². The number of benzene rings is 1. The Kier molecular flexibility index (Phi) is 6.38. The third kappa shape index (κ3) is 4.93. The third-order valence-corrected chi connectivity index (χ3v) is 5.45. The molecule has 0 unspecified atom stereocenters. The van der Waals surface area contributed by atoms with Crippen molar-refractivity contribution in [2.75, 3.05) is 20.8 Å². The number of hydrogen-bond acceptors (Lipinski definition) is 6. The molecule has 2 rings (SSSR count). The van der Waals surface area contributed by atoms with Crippen LogP contribution in [0.5, 0.6) is 5.75 Å². The topological polar surface area (TPSA) is 111 Å². The van der Waals surface area contributed by atoms with Gasteiger partial charge in [0.25, 0.3) is 5.91 Å². The molecule has 9 heteroatoms. The van der Waals surface area contributed by atoms with Crippen LogP contribution < -0.4 is 14.8 Å². The summed E-state index contributed by atoms with van der Waals surface area (Å²) in [5.74, 6) is -1.04. The van der Waals surface area contributed by atoms with Crippen molar-refractivity contribution in [1.29, 1.82) is 0 Å². The molecule has 0 spiro atoms. The van der Waals surface area contributed by atoms with Gasteiger partial charge < -0.3 is 14.8 Å². The number of methoxy groups -OCH3 is 1. The zero-order valence-corrected chi connectivity index (χ0v) is 15.0. The van der Waals surface area contributed by atoms with E-state index in [0.29, 0.717) is 0 Å². The van der Waals surface area contributed by atoms with Crippen molar-refractivity contribution in [2.24, 2.45) is 0 Å². The molecule has 138 valence electrons. The molecule has 1 fully saturated rings. The largest absolute Gasteiger partial charge is 0.495 e. The zero-order chi connectivity index (χ0) is 18.4. The standard InChI is InChI=1S/C16H22N2O6S/c1-17-25(21,22)14-9-11(7-8-13(14)23-2)16(20)24-10-15(19)18-12-5-3-4-6-12/h7-9,12,17H,3-6,10H2,1-2H3,(H,18,19). The Hall–Kier alpha value is -2.13. The molecular weight excluding hydrogens is 348 g/mol. The molecule has 1 aromatic carbocycles. The molecule has 25 heavy (non-hydrogen) atoms. The Bertz CT molecular complexity index is 741. The van der Waals surface area contributed by atoms with Crippen LogP contribution in [0, 0.1) is 0 Å². The van der Waals surface area contributed by atoms with E-state index in [2.05, 4.69) is 10.0 Å². The Balaban J connectivity index is 2.03. The second-order valence-corrected chi connectivity index (χ2v) is 7.55. The van der Waals surface area contributed by atoms with Crippen LogP contribution in [-0.2, 0) is 19.6 Å². The van der Waals surface area contributed by atoms with E-state index in [0.717, 1.165) is 31.7 Å². The van der Waals surface area contributed by atoms with Gasteiger partial charge in [-0.25, -0.2) is 17.9 Å². The van der Waals surface area contributed by atoms with Crippen LogP contribution in [0.2, 0.25) is 0 Å². The number of sulfonamides is 1. The van der Waals surface area contributed by atoms with E-state index < -0.39 is 22.6 Å². The van der Waals surface area contributed by atoms with Crippen LogP contribution in [0.3, 0.4) is 0 Å². The summed E-state index contributed by atoms with van der Waals surface area (Å²) < 4.78 is 36.2. The molecule has 0 radical (unpaired) electrons. The summed E-state index contributed by atoms with van der Waals surface area (Å²) >= 11 is 0. The zero-order valence-electron chi connectivity index (χ0n) is 14.2. The lowest BCUT2D eigenvalue weighted by Crippen LogP contribution is -2.35. The lowest BCUT2D eigenvalue weighted by molar-refractivity contribution is -0.124. The summed E-state index contributed by atoms with van der Waals surface area (Å²) in [6, 6.07) is 4.03. The van der Waals surface area contributed by atoms with Gasteiger partial charge in [-0.2, -0.15) is 0 Å². The van der Waals surface area contributed by atoms with Gasteiger partial charge in [0, 0.05) is 6.04 Å². The number of carbonyl (C=O) groups excluding carboxylic acids is 2. The molecule has 1 aromatic rings. The van der Waals surface area contributed by atoms with Crippen LogP contribution in [0.4, 0.5) is 0 Å². The molecular formula is C16H22N2O6S. The first-order valence-corrected chi connectivity index (χ1v) is 9.43. The average molecular weight is 370 g/mol. The molecule has 0 bridgehead atoms. The van der Waals surface area contributed by atoms with E-state index >= 15 is 0 Å². The molecule has 0 aliphatic heterocycles. The van der Waals surface area contributed by atoms with Gasteiger partial charge in [-0.05, 0) is 38.1 Å². The fourth-order valence-corrected chi connectivity index (χ4v) is 3.60. The maximum Gasteiger partial charge on any atom is 0.338 e. The highest BCUT2D eigenvalue weighted by Gasteiger charge is 2.22. The lowest BCUT2D eigenvalue weighted by Gasteiger charge is -2.13. The van der Waals surface area contributed by atoms with Crippen molar-refractivity contribution < 1.29 is 27.5 Å².